The molecule has 0 aromatic carbocycles. The number of aromatic nitrogens is 4. The standard InChI is InChI=1S/C14H23N5O/c1-6-11-10(8-18(4)17-11)13(15)14-12(20-5)7-16-19(14)9(2)3/h7-9,13H,6,15H2,1-5H3. The number of hydrogen-bond acceptors (Lipinski definition) is 4. The molecule has 0 saturated carbocycles. The van der Waals surface area contributed by atoms with Crippen LogP contribution in [0, 0.1) is 0 Å². The normalized spacial score (nSPS) is 12.9. The lowest BCUT2D eigenvalue weighted by Crippen LogP contribution is -2.20. The minimum Gasteiger partial charge on any atom is -0.493 e. The number of ether oxygens (including phenoxy) is 1. The van der Waals surface area contributed by atoms with Crippen molar-refractivity contribution in [2.45, 2.75) is 39.3 Å². The molecule has 1 atom stereocenters. The maximum absolute atomic E-state index is 6.47. The molecule has 2 rings (SSSR count). The summed E-state index contributed by atoms with van der Waals surface area (Å²) in [5, 5.41) is 8.84. The van der Waals surface area contributed by atoms with Gasteiger partial charge < -0.3 is 10.5 Å². The zero-order valence-electron chi connectivity index (χ0n) is 12.8. The van der Waals surface area contributed by atoms with Crippen molar-refractivity contribution in [2.75, 3.05) is 7.11 Å². The van der Waals surface area contributed by atoms with E-state index in [-0.39, 0.29) is 12.1 Å². The van der Waals surface area contributed by atoms with Gasteiger partial charge in [0.15, 0.2) is 5.75 Å². The highest BCUT2D eigenvalue weighted by molar-refractivity contribution is 5.37. The predicted octanol–water partition coefficient (Wildman–Crippen LogP) is 1.82. The van der Waals surface area contributed by atoms with E-state index in [0.717, 1.165) is 29.1 Å². The lowest BCUT2D eigenvalue weighted by atomic mass is 10.0. The number of methoxy groups -OCH3 is 1. The molecule has 6 heteroatoms. The monoisotopic (exact) mass is 277 g/mol. The number of aryl methyl sites for hydroxylation is 2. The summed E-state index contributed by atoms with van der Waals surface area (Å²) >= 11 is 0. The highest BCUT2D eigenvalue weighted by atomic mass is 16.5. The molecule has 0 spiro atoms. The van der Waals surface area contributed by atoms with Crippen molar-refractivity contribution in [3.63, 3.8) is 0 Å². The van der Waals surface area contributed by atoms with Crippen molar-refractivity contribution >= 4 is 0 Å². The summed E-state index contributed by atoms with van der Waals surface area (Å²) in [6, 6.07) is -0.0693. The van der Waals surface area contributed by atoms with Crippen LogP contribution in [-0.4, -0.2) is 26.7 Å². The highest BCUT2D eigenvalue weighted by Gasteiger charge is 2.24. The van der Waals surface area contributed by atoms with Crippen LogP contribution in [0.1, 0.15) is 49.8 Å². The Labute approximate surface area is 119 Å². The van der Waals surface area contributed by atoms with Crippen LogP contribution in [0.2, 0.25) is 0 Å². The Morgan fingerprint density at radius 3 is 2.65 bits per heavy atom. The molecule has 2 aromatic rings. The Kier molecular flexibility index (Phi) is 4.13. The van der Waals surface area contributed by atoms with Crippen molar-refractivity contribution in [2.24, 2.45) is 12.8 Å². The highest BCUT2D eigenvalue weighted by Crippen LogP contribution is 2.31. The first kappa shape index (κ1) is 14.6. The van der Waals surface area contributed by atoms with Gasteiger partial charge in [0, 0.05) is 24.8 Å². The van der Waals surface area contributed by atoms with E-state index in [2.05, 4.69) is 31.0 Å². The van der Waals surface area contributed by atoms with Gasteiger partial charge in [-0.05, 0) is 20.3 Å². The summed E-state index contributed by atoms with van der Waals surface area (Å²) in [6.45, 7) is 6.23. The summed E-state index contributed by atoms with van der Waals surface area (Å²) in [4.78, 5) is 0. The number of nitrogens with two attached hydrogens (primary N) is 1. The lowest BCUT2D eigenvalue weighted by molar-refractivity contribution is 0.400. The molecule has 0 radical (unpaired) electrons. The molecule has 0 aliphatic carbocycles. The van der Waals surface area contributed by atoms with Gasteiger partial charge in [-0.3, -0.25) is 9.36 Å². The molecule has 0 fully saturated rings. The Hall–Kier alpha value is -1.82. The van der Waals surface area contributed by atoms with E-state index in [1.54, 1.807) is 18.0 Å². The van der Waals surface area contributed by atoms with Gasteiger partial charge in [0.25, 0.3) is 0 Å². The second-order valence-electron chi connectivity index (χ2n) is 5.17. The van der Waals surface area contributed by atoms with E-state index in [1.807, 2.05) is 17.9 Å². The maximum Gasteiger partial charge on any atom is 0.161 e. The van der Waals surface area contributed by atoms with Crippen LogP contribution in [0.3, 0.4) is 0 Å². The molecule has 6 nitrogen and oxygen atoms in total. The van der Waals surface area contributed by atoms with Crippen LogP contribution < -0.4 is 10.5 Å². The Bertz CT molecular complexity index is 584. The molecule has 20 heavy (non-hydrogen) atoms. The van der Waals surface area contributed by atoms with Crippen LogP contribution in [0.5, 0.6) is 5.75 Å². The summed E-state index contributed by atoms with van der Waals surface area (Å²) in [5.41, 5.74) is 9.40. The molecule has 110 valence electrons. The Morgan fingerprint density at radius 1 is 1.40 bits per heavy atom. The average molecular weight is 277 g/mol. The van der Waals surface area contributed by atoms with Gasteiger partial charge in [-0.15, -0.1) is 0 Å². The van der Waals surface area contributed by atoms with Gasteiger partial charge in [0.1, 0.15) is 5.69 Å². The van der Waals surface area contributed by atoms with Crippen molar-refractivity contribution in [1.29, 1.82) is 0 Å². The number of hydrogen-bond donors (Lipinski definition) is 1. The maximum atomic E-state index is 6.47. The fraction of sp³-hybridized carbons (Fsp3) is 0.571. The Balaban J connectivity index is 2.51. The summed E-state index contributed by atoms with van der Waals surface area (Å²) < 4.78 is 9.12. The number of rotatable bonds is 5. The first-order chi connectivity index (χ1) is 9.49. The zero-order valence-corrected chi connectivity index (χ0v) is 12.8. The van der Waals surface area contributed by atoms with Crippen molar-refractivity contribution in [3.8, 4) is 5.75 Å². The van der Waals surface area contributed by atoms with E-state index in [9.17, 15) is 0 Å². The minimum atomic E-state index is -0.293. The van der Waals surface area contributed by atoms with Gasteiger partial charge in [0.05, 0.1) is 25.0 Å². The topological polar surface area (TPSA) is 70.9 Å². The summed E-state index contributed by atoms with van der Waals surface area (Å²) in [5.74, 6) is 0.720. The lowest BCUT2D eigenvalue weighted by Gasteiger charge is -2.18. The first-order valence-electron chi connectivity index (χ1n) is 6.88. The minimum absolute atomic E-state index is 0.224. The van der Waals surface area contributed by atoms with Gasteiger partial charge in [-0.1, -0.05) is 6.92 Å². The smallest absolute Gasteiger partial charge is 0.161 e. The Morgan fingerprint density at radius 2 is 2.10 bits per heavy atom. The summed E-state index contributed by atoms with van der Waals surface area (Å²) in [6.07, 6.45) is 4.54. The van der Waals surface area contributed by atoms with Crippen molar-refractivity contribution in [1.82, 2.24) is 19.6 Å². The molecule has 0 saturated heterocycles. The molecular formula is C14H23N5O. The molecular weight excluding hydrogens is 254 g/mol. The SMILES string of the molecule is CCc1nn(C)cc1C(N)c1c(OC)cnn1C(C)C. The molecule has 0 aliphatic rings. The largest absolute Gasteiger partial charge is 0.493 e. The van der Waals surface area contributed by atoms with E-state index >= 15 is 0 Å². The third kappa shape index (κ3) is 2.43. The van der Waals surface area contributed by atoms with Crippen LogP contribution in [0.4, 0.5) is 0 Å². The third-order valence-electron chi connectivity index (χ3n) is 3.41. The van der Waals surface area contributed by atoms with Gasteiger partial charge in [0.2, 0.25) is 0 Å². The van der Waals surface area contributed by atoms with Gasteiger partial charge in [-0.2, -0.15) is 10.2 Å². The molecule has 0 aliphatic heterocycles. The second kappa shape index (κ2) is 5.66. The molecule has 2 aromatic heterocycles. The molecule has 2 N–H and O–H groups in total. The first-order valence-corrected chi connectivity index (χ1v) is 6.88. The molecule has 0 bridgehead atoms. The average Bonchev–Trinajstić information content (AvgIpc) is 3.00. The number of nitrogens with zero attached hydrogens (tertiary/aromatic N) is 4. The van der Waals surface area contributed by atoms with Crippen LogP contribution in [0.25, 0.3) is 0 Å². The summed E-state index contributed by atoms with van der Waals surface area (Å²) in [7, 11) is 3.55. The van der Waals surface area contributed by atoms with Crippen LogP contribution >= 0.6 is 0 Å². The fourth-order valence-electron chi connectivity index (χ4n) is 2.46. The fourth-order valence-corrected chi connectivity index (χ4v) is 2.46. The molecule has 0 amide bonds. The zero-order chi connectivity index (χ0) is 14.9. The second-order valence-corrected chi connectivity index (χ2v) is 5.17. The van der Waals surface area contributed by atoms with Crippen molar-refractivity contribution in [3.05, 3.63) is 29.3 Å². The third-order valence-corrected chi connectivity index (χ3v) is 3.41. The quantitative estimate of drug-likeness (QED) is 0.905. The van der Waals surface area contributed by atoms with Gasteiger partial charge in [-0.25, -0.2) is 0 Å². The molecule has 2 heterocycles. The van der Waals surface area contributed by atoms with E-state index in [4.69, 9.17) is 10.5 Å². The van der Waals surface area contributed by atoms with Crippen LogP contribution in [0.15, 0.2) is 12.4 Å². The van der Waals surface area contributed by atoms with Gasteiger partial charge >= 0.3 is 0 Å². The van der Waals surface area contributed by atoms with Crippen molar-refractivity contribution < 1.29 is 4.74 Å². The van der Waals surface area contributed by atoms with E-state index < -0.39 is 0 Å². The molecule has 1 unspecified atom stereocenters. The predicted molar refractivity (Wildman–Crippen MR) is 77.8 cm³/mol. The van der Waals surface area contributed by atoms with Crippen LogP contribution in [-0.2, 0) is 13.5 Å². The van der Waals surface area contributed by atoms with E-state index in [0.29, 0.717) is 0 Å². The van der Waals surface area contributed by atoms with E-state index in [1.165, 1.54) is 0 Å².